The standard InChI is InChI=1S/C10H17NO/c1-6(2)11-10(12)9-5-8(9)7-3-4-7/h6-9H,3-5H2,1-2H3,(H,11,12)/t8-,9+/m1/s1. The molecular formula is C10H17NO. The third kappa shape index (κ3) is 1.62. The molecule has 0 spiro atoms. The van der Waals surface area contributed by atoms with Crippen LogP contribution in [0.25, 0.3) is 0 Å². The van der Waals surface area contributed by atoms with Crippen LogP contribution in [0.4, 0.5) is 0 Å². The lowest BCUT2D eigenvalue weighted by Crippen LogP contribution is -2.31. The lowest BCUT2D eigenvalue weighted by Gasteiger charge is -2.07. The molecule has 2 saturated carbocycles. The van der Waals surface area contributed by atoms with E-state index in [4.69, 9.17) is 0 Å². The van der Waals surface area contributed by atoms with Gasteiger partial charge >= 0.3 is 0 Å². The summed E-state index contributed by atoms with van der Waals surface area (Å²) in [5, 5.41) is 2.98. The molecule has 2 fully saturated rings. The van der Waals surface area contributed by atoms with Gasteiger partial charge in [0.25, 0.3) is 0 Å². The van der Waals surface area contributed by atoms with E-state index in [1.807, 2.05) is 13.8 Å². The van der Waals surface area contributed by atoms with Gasteiger partial charge in [0.1, 0.15) is 0 Å². The Hall–Kier alpha value is -0.530. The molecule has 0 unspecified atom stereocenters. The van der Waals surface area contributed by atoms with E-state index in [1.165, 1.54) is 12.8 Å². The van der Waals surface area contributed by atoms with E-state index in [2.05, 4.69) is 5.32 Å². The average Bonchev–Trinajstić information content (AvgIpc) is 2.81. The predicted molar refractivity (Wildman–Crippen MR) is 47.6 cm³/mol. The van der Waals surface area contributed by atoms with Crippen LogP contribution in [-0.4, -0.2) is 11.9 Å². The molecule has 0 aliphatic heterocycles. The van der Waals surface area contributed by atoms with E-state index in [1.54, 1.807) is 0 Å². The number of carbonyl (C=O) groups is 1. The van der Waals surface area contributed by atoms with Crippen molar-refractivity contribution in [2.24, 2.45) is 17.8 Å². The summed E-state index contributed by atoms with van der Waals surface area (Å²) < 4.78 is 0. The summed E-state index contributed by atoms with van der Waals surface area (Å²) in [6.45, 7) is 4.04. The molecule has 68 valence electrons. The first-order valence-corrected chi connectivity index (χ1v) is 4.99. The quantitative estimate of drug-likeness (QED) is 0.679. The van der Waals surface area contributed by atoms with Crippen molar-refractivity contribution in [1.82, 2.24) is 5.32 Å². The molecular weight excluding hydrogens is 150 g/mol. The topological polar surface area (TPSA) is 29.1 Å². The SMILES string of the molecule is CC(C)NC(=O)[C@H]1C[C@@H]1C1CC1. The van der Waals surface area contributed by atoms with Gasteiger partial charge in [0.15, 0.2) is 0 Å². The Labute approximate surface area is 73.7 Å². The van der Waals surface area contributed by atoms with Crippen molar-refractivity contribution in [3.8, 4) is 0 Å². The maximum atomic E-state index is 11.4. The van der Waals surface area contributed by atoms with E-state index < -0.39 is 0 Å². The molecule has 1 N–H and O–H groups in total. The Bertz CT molecular complexity index is 196. The highest BCUT2D eigenvalue weighted by Crippen LogP contribution is 2.54. The second kappa shape index (κ2) is 2.75. The van der Waals surface area contributed by atoms with Crippen LogP contribution in [0.3, 0.4) is 0 Å². The largest absolute Gasteiger partial charge is 0.354 e. The van der Waals surface area contributed by atoms with Crippen molar-refractivity contribution in [1.29, 1.82) is 0 Å². The normalized spacial score (nSPS) is 33.6. The van der Waals surface area contributed by atoms with Crippen molar-refractivity contribution >= 4 is 5.91 Å². The van der Waals surface area contributed by atoms with E-state index in [-0.39, 0.29) is 0 Å². The fourth-order valence-electron chi connectivity index (χ4n) is 1.95. The van der Waals surface area contributed by atoms with Crippen LogP contribution >= 0.6 is 0 Å². The molecule has 0 aromatic rings. The van der Waals surface area contributed by atoms with Crippen molar-refractivity contribution in [2.75, 3.05) is 0 Å². The summed E-state index contributed by atoms with van der Waals surface area (Å²) in [7, 11) is 0. The van der Waals surface area contributed by atoms with E-state index in [0.29, 0.717) is 17.9 Å². The summed E-state index contributed by atoms with van der Waals surface area (Å²) in [4.78, 5) is 11.4. The first-order chi connectivity index (χ1) is 5.68. The first-order valence-electron chi connectivity index (χ1n) is 4.99. The summed E-state index contributed by atoms with van der Waals surface area (Å²) in [6.07, 6.45) is 3.90. The van der Waals surface area contributed by atoms with Gasteiger partial charge in [-0.1, -0.05) is 0 Å². The van der Waals surface area contributed by atoms with Gasteiger partial charge in [0.2, 0.25) is 5.91 Å². The van der Waals surface area contributed by atoms with Crippen LogP contribution < -0.4 is 5.32 Å². The molecule has 2 aliphatic rings. The zero-order valence-corrected chi connectivity index (χ0v) is 7.84. The van der Waals surface area contributed by atoms with Gasteiger partial charge in [-0.25, -0.2) is 0 Å². The number of nitrogens with one attached hydrogen (secondary N) is 1. The van der Waals surface area contributed by atoms with Gasteiger partial charge in [0.05, 0.1) is 0 Å². The Morgan fingerprint density at radius 1 is 1.42 bits per heavy atom. The highest BCUT2D eigenvalue weighted by molar-refractivity contribution is 5.81. The monoisotopic (exact) mass is 167 g/mol. The van der Waals surface area contributed by atoms with Gasteiger partial charge in [-0.15, -0.1) is 0 Å². The molecule has 2 aliphatic carbocycles. The van der Waals surface area contributed by atoms with Crippen LogP contribution in [0.15, 0.2) is 0 Å². The zero-order valence-electron chi connectivity index (χ0n) is 7.84. The summed E-state index contributed by atoms with van der Waals surface area (Å²) in [5.41, 5.74) is 0. The van der Waals surface area contributed by atoms with Crippen molar-refractivity contribution < 1.29 is 4.79 Å². The number of amides is 1. The van der Waals surface area contributed by atoms with E-state index in [9.17, 15) is 4.79 Å². The lowest BCUT2D eigenvalue weighted by molar-refractivity contribution is -0.123. The Kier molecular flexibility index (Phi) is 1.85. The predicted octanol–water partition coefficient (Wildman–Crippen LogP) is 1.56. The second-order valence-electron chi connectivity index (χ2n) is 4.51. The fourth-order valence-corrected chi connectivity index (χ4v) is 1.95. The number of hydrogen-bond donors (Lipinski definition) is 1. The van der Waals surface area contributed by atoms with E-state index >= 15 is 0 Å². The molecule has 0 aromatic carbocycles. The highest BCUT2D eigenvalue weighted by Gasteiger charge is 2.50. The van der Waals surface area contributed by atoms with Crippen LogP contribution in [0.1, 0.15) is 33.1 Å². The Morgan fingerprint density at radius 2 is 2.08 bits per heavy atom. The molecule has 2 heteroatoms. The molecule has 2 nitrogen and oxygen atoms in total. The minimum absolute atomic E-state index is 0.293. The molecule has 1 amide bonds. The van der Waals surface area contributed by atoms with Crippen LogP contribution in [0.2, 0.25) is 0 Å². The summed E-state index contributed by atoms with van der Waals surface area (Å²) >= 11 is 0. The van der Waals surface area contributed by atoms with Gasteiger partial charge in [0, 0.05) is 12.0 Å². The molecule has 0 bridgehead atoms. The zero-order chi connectivity index (χ0) is 8.72. The number of carbonyl (C=O) groups excluding carboxylic acids is 1. The maximum Gasteiger partial charge on any atom is 0.223 e. The third-order valence-corrected chi connectivity index (χ3v) is 2.84. The molecule has 0 radical (unpaired) electrons. The Morgan fingerprint density at radius 3 is 2.58 bits per heavy atom. The van der Waals surface area contributed by atoms with Crippen molar-refractivity contribution in [3.63, 3.8) is 0 Å². The minimum Gasteiger partial charge on any atom is -0.354 e. The first kappa shape index (κ1) is 8.09. The van der Waals surface area contributed by atoms with Gasteiger partial charge in [-0.3, -0.25) is 4.79 Å². The van der Waals surface area contributed by atoms with Crippen molar-refractivity contribution in [3.05, 3.63) is 0 Å². The third-order valence-electron chi connectivity index (χ3n) is 2.84. The summed E-state index contributed by atoms with van der Waals surface area (Å²) in [5.74, 6) is 2.33. The molecule has 2 atom stereocenters. The van der Waals surface area contributed by atoms with Gasteiger partial charge < -0.3 is 5.32 Å². The summed E-state index contributed by atoms with van der Waals surface area (Å²) in [6, 6.07) is 0.304. The number of hydrogen-bond acceptors (Lipinski definition) is 1. The van der Waals surface area contributed by atoms with Gasteiger partial charge in [-0.05, 0) is 44.9 Å². The van der Waals surface area contributed by atoms with Gasteiger partial charge in [-0.2, -0.15) is 0 Å². The minimum atomic E-state index is 0.293. The molecule has 2 rings (SSSR count). The van der Waals surface area contributed by atoms with E-state index in [0.717, 1.165) is 18.3 Å². The molecule has 0 aromatic heterocycles. The Balaban J connectivity index is 1.75. The highest BCUT2D eigenvalue weighted by atomic mass is 16.2. The molecule has 12 heavy (non-hydrogen) atoms. The number of rotatable bonds is 3. The van der Waals surface area contributed by atoms with Crippen LogP contribution in [-0.2, 0) is 4.79 Å². The van der Waals surface area contributed by atoms with Crippen molar-refractivity contribution in [2.45, 2.75) is 39.2 Å². The fraction of sp³-hybridized carbons (Fsp3) is 0.900. The average molecular weight is 167 g/mol. The van der Waals surface area contributed by atoms with Crippen LogP contribution in [0.5, 0.6) is 0 Å². The second-order valence-corrected chi connectivity index (χ2v) is 4.51. The molecule has 0 saturated heterocycles. The molecule has 0 heterocycles. The smallest absolute Gasteiger partial charge is 0.223 e. The van der Waals surface area contributed by atoms with Crippen LogP contribution in [0, 0.1) is 17.8 Å². The lowest BCUT2D eigenvalue weighted by atomic mass is 10.2. The maximum absolute atomic E-state index is 11.4.